The van der Waals surface area contributed by atoms with Crippen LogP contribution in [0.25, 0.3) is 10.9 Å². The molecule has 1 aliphatic heterocycles. The zero-order valence-corrected chi connectivity index (χ0v) is 12.1. The fourth-order valence-corrected chi connectivity index (χ4v) is 2.65. The number of fused-ring (bicyclic) bond motifs is 1. The minimum Gasteiger partial charge on any atom is -0.494 e. The molecule has 21 heavy (non-hydrogen) atoms. The van der Waals surface area contributed by atoms with E-state index in [0.717, 1.165) is 35.2 Å². The Kier molecular flexibility index (Phi) is 4.10. The first-order valence-corrected chi connectivity index (χ1v) is 7.40. The van der Waals surface area contributed by atoms with Crippen molar-refractivity contribution >= 4 is 22.5 Å². The highest BCUT2D eigenvalue weighted by Crippen LogP contribution is 2.28. The van der Waals surface area contributed by atoms with Crippen molar-refractivity contribution in [2.24, 2.45) is 5.92 Å². The van der Waals surface area contributed by atoms with E-state index in [4.69, 9.17) is 9.47 Å². The van der Waals surface area contributed by atoms with Crippen LogP contribution in [0.3, 0.4) is 0 Å². The van der Waals surface area contributed by atoms with Gasteiger partial charge in [-0.25, -0.2) is 0 Å². The van der Waals surface area contributed by atoms with Gasteiger partial charge in [0.2, 0.25) is 5.91 Å². The second kappa shape index (κ2) is 6.18. The molecule has 1 saturated heterocycles. The number of H-pyrrole nitrogens is 1. The Hall–Kier alpha value is -2.01. The van der Waals surface area contributed by atoms with Gasteiger partial charge in [-0.05, 0) is 38.0 Å². The number of carbonyl (C=O) groups excluding carboxylic acids is 1. The standard InChI is InChI=1S/C16H20N2O3/c1-2-21-12-3-4-14-13(9-12)15(10-17-14)18-16(19)11-5-7-20-8-6-11/h3-4,9-11,17H,2,5-8H2,1H3,(H,18,19). The van der Waals surface area contributed by atoms with E-state index in [1.807, 2.05) is 31.3 Å². The summed E-state index contributed by atoms with van der Waals surface area (Å²) in [5.41, 5.74) is 1.80. The van der Waals surface area contributed by atoms with E-state index >= 15 is 0 Å². The summed E-state index contributed by atoms with van der Waals surface area (Å²) in [5.74, 6) is 0.922. The van der Waals surface area contributed by atoms with Crippen LogP contribution in [0.1, 0.15) is 19.8 Å². The largest absolute Gasteiger partial charge is 0.494 e. The average Bonchev–Trinajstić information content (AvgIpc) is 2.91. The molecule has 5 heteroatoms. The second-order valence-corrected chi connectivity index (χ2v) is 5.22. The van der Waals surface area contributed by atoms with Crippen molar-refractivity contribution < 1.29 is 14.3 Å². The summed E-state index contributed by atoms with van der Waals surface area (Å²) in [7, 11) is 0. The van der Waals surface area contributed by atoms with E-state index in [1.54, 1.807) is 0 Å². The van der Waals surface area contributed by atoms with Gasteiger partial charge >= 0.3 is 0 Å². The molecule has 0 spiro atoms. The number of rotatable bonds is 4. The zero-order valence-electron chi connectivity index (χ0n) is 12.1. The number of hydrogen-bond donors (Lipinski definition) is 2. The summed E-state index contributed by atoms with van der Waals surface area (Å²) in [6.45, 7) is 3.91. The molecule has 2 aromatic rings. The van der Waals surface area contributed by atoms with Crippen molar-refractivity contribution in [3.8, 4) is 5.75 Å². The highest BCUT2D eigenvalue weighted by Gasteiger charge is 2.22. The van der Waals surface area contributed by atoms with Crippen LogP contribution in [0, 0.1) is 5.92 Å². The van der Waals surface area contributed by atoms with E-state index < -0.39 is 0 Å². The molecule has 0 bridgehead atoms. The zero-order chi connectivity index (χ0) is 14.7. The molecule has 0 radical (unpaired) electrons. The molecule has 0 unspecified atom stereocenters. The molecule has 3 rings (SSSR count). The summed E-state index contributed by atoms with van der Waals surface area (Å²) >= 11 is 0. The number of ether oxygens (including phenoxy) is 2. The predicted molar refractivity (Wildman–Crippen MR) is 81.6 cm³/mol. The van der Waals surface area contributed by atoms with Crippen molar-refractivity contribution in [1.29, 1.82) is 0 Å². The molecular formula is C16H20N2O3. The quantitative estimate of drug-likeness (QED) is 0.909. The SMILES string of the molecule is CCOc1ccc2[nH]cc(NC(=O)C3CCOCC3)c2c1. The number of aromatic amines is 1. The summed E-state index contributed by atoms with van der Waals surface area (Å²) in [6.07, 6.45) is 3.41. The Morgan fingerprint density at radius 3 is 3.00 bits per heavy atom. The topological polar surface area (TPSA) is 63.3 Å². The normalized spacial score (nSPS) is 16.0. The first-order chi connectivity index (χ1) is 10.3. The molecule has 1 aliphatic rings. The van der Waals surface area contributed by atoms with E-state index in [2.05, 4.69) is 10.3 Å². The third kappa shape index (κ3) is 3.03. The van der Waals surface area contributed by atoms with Crippen LogP contribution in [0.2, 0.25) is 0 Å². The van der Waals surface area contributed by atoms with Gasteiger partial charge in [-0.15, -0.1) is 0 Å². The fourth-order valence-electron chi connectivity index (χ4n) is 2.65. The van der Waals surface area contributed by atoms with Crippen LogP contribution < -0.4 is 10.1 Å². The van der Waals surface area contributed by atoms with Crippen LogP contribution in [0.4, 0.5) is 5.69 Å². The Morgan fingerprint density at radius 1 is 1.43 bits per heavy atom. The van der Waals surface area contributed by atoms with E-state index in [0.29, 0.717) is 19.8 Å². The summed E-state index contributed by atoms with van der Waals surface area (Å²) < 4.78 is 10.8. The maximum atomic E-state index is 12.3. The maximum Gasteiger partial charge on any atom is 0.227 e. The lowest BCUT2D eigenvalue weighted by molar-refractivity contribution is -0.122. The molecule has 1 aromatic heterocycles. The van der Waals surface area contributed by atoms with Crippen LogP contribution in [0.15, 0.2) is 24.4 Å². The first-order valence-electron chi connectivity index (χ1n) is 7.40. The van der Waals surface area contributed by atoms with E-state index in [9.17, 15) is 4.79 Å². The molecule has 2 heterocycles. The third-order valence-electron chi connectivity index (χ3n) is 3.81. The highest BCUT2D eigenvalue weighted by atomic mass is 16.5. The molecule has 0 aliphatic carbocycles. The molecule has 1 aromatic carbocycles. The molecule has 2 N–H and O–H groups in total. The number of benzene rings is 1. The van der Waals surface area contributed by atoms with Crippen molar-refractivity contribution in [1.82, 2.24) is 4.98 Å². The lowest BCUT2D eigenvalue weighted by atomic mass is 9.99. The maximum absolute atomic E-state index is 12.3. The van der Waals surface area contributed by atoms with Gasteiger partial charge < -0.3 is 19.8 Å². The molecular weight excluding hydrogens is 268 g/mol. The predicted octanol–water partition coefficient (Wildman–Crippen LogP) is 2.93. The van der Waals surface area contributed by atoms with Crippen molar-refractivity contribution in [3.63, 3.8) is 0 Å². The van der Waals surface area contributed by atoms with Gasteiger partial charge in [-0.1, -0.05) is 0 Å². The average molecular weight is 288 g/mol. The van der Waals surface area contributed by atoms with Crippen molar-refractivity contribution in [2.45, 2.75) is 19.8 Å². The number of hydrogen-bond acceptors (Lipinski definition) is 3. The van der Waals surface area contributed by atoms with Gasteiger partial charge in [0.15, 0.2) is 0 Å². The minimum absolute atomic E-state index is 0.0405. The Morgan fingerprint density at radius 2 is 2.24 bits per heavy atom. The van der Waals surface area contributed by atoms with Gasteiger partial charge in [0.05, 0.1) is 12.3 Å². The molecule has 1 amide bonds. The third-order valence-corrected chi connectivity index (χ3v) is 3.81. The smallest absolute Gasteiger partial charge is 0.227 e. The number of carbonyl (C=O) groups is 1. The van der Waals surface area contributed by atoms with Gasteiger partial charge in [-0.2, -0.15) is 0 Å². The molecule has 112 valence electrons. The monoisotopic (exact) mass is 288 g/mol. The summed E-state index contributed by atoms with van der Waals surface area (Å²) in [6, 6.07) is 5.84. The first kappa shape index (κ1) is 13.9. The van der Waals surface area contributed by atoms with Crippen LogP contribution in [0.5, 0.6) is 5.75 Å². The Labute approximate surface area is 123 Å². The van der Waals surface area contributed by atoms with E-state index in [1.165, 1.54) is 0 Å². The van der Waals surface area contributed by atoms with Crippen LogP contribution in [-0.4, -0.2) is 30.7 Å². The number of aromatic nitrogens is 1. The van der Waals surface area contributed by atoms with Crippen molar-refractivity contribution in [2.75, 3.05) is 25.1 Å². The van der Waals surface area contributed by atoms with E-state index in [-0.39, 0.29) is 11.8 Å². The van der Waals surface area contributed by atoms with Gasteiger partial charge in [-0.3, -0.25) is 4.79 Å². The van der Waals surface area contributed by atoms with Crippen LogP contribution >= 0.6 is 0 Å². The van der Waals surface area contributed by atoms with Gasteiger partial charge in [0.25, 0.3) is 0 Å². The summed E-state index contributed by atoms with van der Waals surface area (Å²) in [4.78, 5) is 15.5. The number of anilines is 1. The van der Waals surface area contributed by atoms with Crippen molar-refractivity contribution in [3.05, 3.63) is 24.4 Å². The highest BCUT2D eigenvalue weighted by molar-refractivity contribution is 6.02. The molecule has 0 atom stereocenters. The fraction of sp³-hybridized carbons (Fsp3) is 0.438. The molecule has 0 saturated carbocycles. The lowest BCUT2D eigenvalue weighted by Gasteiger charge is -2.21. The molecule has 5 nitrogen and oxygen atoms in total. The van der Waals surface area contributed by atoms with Gasteiger partial charge in [0, 0.05) is 36.2 Å². The number of amides is 1. The lowest BCUT2D eigenvalue weighted by Crippen LogP contribution is -2.28. The summed E-state index contributed by atoms with van der Waals surface area (Å²) in [5, 5.41) is 4.00. The molecule has 1 fully saturated rings. The number of nitrogens with one attached hydrogen (secondary N) is 2. The Balaban J connectivity index is 1.79. The minimum atomic E-state index is 0.0405. The van der Waals surface area contributed by atoms with Crippen LogP contribution in [-0.2, 0) is 9.53 Å². The van der Waals surface area contributed by atoms with Gasteiger partial charge in [0.1, 0.15) is 5.75 Å². The Bertz CT molecular complexity index is 629. The second-order valence-electron chi connectivity index (χ2n) is 5.22.